The quantitative estimate of drug-likeness (QED) is 0.177. The molecule has 0 saturated carbocycles. The molecule has 1 unspecified atom stereocenters. The van der Waals surface area contributed by atoms with Gasteiger partial charge < -0.3 is 24.7 Å². The smallest absolute Gasteiger partial charge is 0.545 e. The first kappa shape index (κ1) is 41.6. The second kappa shape index (κ2) is 16.9. The van der Waals surface area contributed by atoms with E-state index in [4.69, 9.17) is 4.74 Å². The Morgan fingerprint density at radius 3 is 1.51 bits per heavy atom. The largest absolute Gasteiger partial charge is 2.00 e. The Kier molecular flexibility index (Phi) is 10.8. The Hall–Kier alpha value is -7.44. The van der Waals surface area contributed by atoms with E-state index in [0.29, 0.717) is 11.5 Å². The number of aromatic nitrogens is 2. The summed E-state index contributed by atoms with van der Waals surface area (Å²) >= 11 is 0. The third kappa shape index (κ3) is 7.05. The van der Waals surface area contributed by atoms with Gasteiger partial charge in [-0.3, -0.25) is 4.57 Å². The second-order valence-electron chi connectivity index (χ2n) is 16.1. The van der Waals surface area contributed by atoms with Gasteiger partial charge in [-0.15, -0.1) is 22.9 Å². The van der Waals surface area contributed by atoms with Gasteiger partial charge in [-0.25, -0.2) is 0 Å². The van der Waals surface area contributed by atoms with Crippen molar-refractivity contribution in [2.45, 2.75) is 13.3 Å². The Bertz CT molecular complexity index is 4060. The molecule has 0 fully saturated rings. The van der Waals surface area contributed by atoms with E-state index in [1.54, 1.807) is 11.6 Å². The fraction of sp³-hybridized carbons (Fsp3) is 0.0702. The monoisotopic (exact) mass is 1030 g/mol. The van der Waals surface area contributed by atoms with Gasteiger partial charge in [-0.2, -0.15) is 4.98 Å². The van der Waals surface area contributed by atoms with Crippen LogP contribution in [0, 0.1) is 41.7 Å². The molecule has 1 atom stereocenters. The number of aryl methyl sites for hydroxylation is 1. The van der Waals surface area contributed by atoms with Gasteiger partial charge in [0.2, 0.25) is 6.35 Å². The molecule has 2 N–H and O–H groups in total. The summed E-state index contributed by atoms with van der Waals surface area (Å²) in [5, 5.41) is 33.7. The molecule has 12 rings (SSSR count). The molecule has 8 aromatic carbocycles. The van der Waals surface area contributed by atoms with Crippen LogP contribution in [0.4, 0.5) is 11.4 Å². The van der Waals surface area contributed by atoms with E-state index in [-0.39, 0.29) is 27.1 Å². The third-order valence-corrected chi connectivity index (χ3v) is 12.5. The topological polar surface area (TPSA) is 74.0 Å². The minimum absolute atomic E-state index is 0. The summed E-state index contributed by atoms with van der Waals surface area (Å²) in [6.45, 7) is 2.12. The van der Waals surface area contributed by atoms with Gasteiger partial charge in [-0.05, 0) is 40.4 Å². The third-order valence-electron chi connectivity index (χ3n) is 12.5. The van der Waals surface area contributed by atoms with Crippen LogP contribution in [0.15, 0.2) is 182 Å². The molecular formula is C57H42N4O3Pt. The van der Waals surface area contributed by atoms with Crippen LogP contribution in [0.3, 0.4) is 0 Å². The van der Waals surface area contributed by atoms with Gasteiger partial charge in [0, 0.05) is 25.6 Å². The summed E-state index contributed by atoms with van der Waals surface area (Å²) in [4.78, 5) is 7.81. The molecule has 1 aliphatic heterocycles. The summed E-state index contributed by atoms with van der Waals surface area (Å²) in [5.74, 6) is 1.36. The number of hydrogen-bond acceptors (Lipinski definition) is 6. The summed E-state index contributed by atoms with van der Waals surface area (Å²) in [6, 6.07) is 62.2. The van der Waals surface area contributed by atoms with Crippen LogP contribution in [0.25, 0.3) is 34.5 Å². The number of rotatable bonds is 3. The van der Waals surface area contributed by atoms with Gasteiger partial charge in [-0.1, -0.05) is 212 Å². The van der Waals surface area contributed by atoms with Gasteiger partial charge >= 0.3 is 21.1 Å². The number of anilines is 2. The number of aliphatic hydroxyl groups excluding tert-OH is 1. The molecule has 8 heteroatoms. The first-order valence-electron chi connectivity index (χ1n) is 21.3. The maximum Gasteiger partial charge on any atom is 2.00 e. The number of ether oxygens (including phenoxy) is 1. The van der Waals surface area contributed by atoms with E-state index in [1.807, 2.05) is 71.4 Å². The van der Waals surface area contributed by atoms with Crippen molar-refractivity contribution in [2.75, 3.05) is 16.8 Å². The molecule has 0 spiro atoms. The molecule has 3 aliphatic rings. The molecule has 0 bridgehead atoms. The van der Waals surface area contributed by atoms with E-state index in [0.717, 1.165) is 85.9 Å². The van der Waals surface area contributed by atoms with Crippen LogP contribution in [0.2, 0.25) is 0 Å². The Morgan fingerprint density at radius 2 is 0.923 bits per heavy atom. The first-order valence-corrected chi connectivity index (χ1v) is 21.3. The number of benzene rings is 8. The molecule has 318 valence electrons. The number of fused-ring (bicyclic) bond motifs is 8. The molecular weight excluding hydrogens is 984 g/mol. The molecule has 2 heterocycles. The van der Waals surface area contributed by atoms with Gasteiger partial charge in [0.05, 0.1) is 22.4 Å². The fourth-order valence-electron chi connectivity index (χ4n) is 9.32. The summed E-state index contributed by atoms with van der Waals surface area (Å²) in [6.07, 6.45) is 6.70. The number of hydrogen-bond donors (Lipinski definition) is 2. The molecule has 0 amide bonds. The zero-order chi connectivity index (χ0) is 43.5. The molecule has 1 aromatic heterocycles. The Labute approximate surface area is 388 Å². The maximum atomic E-state index is 11.9. The zero-order valence-corrected chi connectivity index (χ0v) is 38.1. The van der Waals surface area contributed by atoms with Crippen LogP contribution in [0.1, 0.15) is 6.92 Å². The molecule has 0 radical (unpaired) electrons. The molecule has 7 nitrogen and oxygen atoms in total. The SMILES string of the molecule is CC1=c2\cccc\c2=c2/cccc/c2=c2\cccc(Oc3cccc4/c3=[C-]\C(N3c5ccccc5N(C)C3O)=c3\cccc\c3=c3/cccc/c3=4)\c2=[C-]\1.Cn1c(O)nc2ccccc21.[Pt+2]. The number of aromatic hydroxyl groups is 1. The van der Waals surface area contributed by atoms with Crippen molar-refractivity contribution in [1.82, 2.24) is 9.55 Å². The standard InChI is InChI=1S/C49H34N2O2.C8H8N2O.Pt/c1-31-29-42-39(36-19-7-5-17-34(36)33-16-4-3-15-32(31)33)23-13-27-47(42)53-48-28-14-24-40-37-20-8-6-18-35(37)38-21-9-10-22-41(38)46(30-43(40)48)51-45-26-12-11-25-44(45)50(2)49(51)52;1-10-7-5-3-2-4-6(7)9-8(10)11;/h3-28,49,52H,1-2H3;2-5H,1H3,(H,9,11);/q-2;;+2/b32-31-,34-33-,38-35-,39-36-,40-37-,46-41+;;. The van der Waals surface area contributed by atoms with Crippen LogP contribution in [-0.4, -0.2) is 33.2 Å². The van der Waals surface area contributed by atoms with Crippen molar-refractivity contribution in [1.29, 1.82) is 0 Å². The van der Waals surface area contributed by atoms with Gasteiger partial charge in [0.15, 0.2) is 0 Å². The normalized spacial score (nSPS) is 19.0. The van der Waals surface area contributed by atoms with Gasteiger partial charge in [0.25, 0.3) is 6.01 Å². The minimum Gasteiger partial charge on any atom is -0.545 e. The van der Waals surface area contributed by atoms with Crippen LogP contribution < -0.4 is 35.4 Å². The number of para-hydroxylation sites is 4. The van der Waals surface area contributed by atoms with Crippen molar-refractivity contribution < 1.29 is 36.0 Å². The molecule has 0 saturated heterocycles. The Morgan fingerprint density at radius 1 is 0.492 bits per heavy atom. The van der Waals surface area contributed by atoms with E-state index >= 15 is 0 Å². The molecule has 2 aliphatic carbocycles. The first-order chi connectivity index (χ1) is 31.4. The predicted molar refractivity (Wildman–Crippen MR) is 253 cm³/mol. The second-order valence-corrected chi connectivity index (χ2v) is 16.1. The summed E-state index contributed by atoms with van der Waals surface area (Å²) in [7, 11) is 3.70. The van der Waals surface area contributed by atoms with Crippen molar-refractivity contribution in [3.63, 3.8) is 0 Å². The van der Waals surface area contributed by atoms with E-state index in [2.05, 4.69) is 151 Å². The average Bonchev–Trinajstić information content (AvgIpc) is 3.77. The van der Waals surface area contributed by atoms with Gasteiger partial charge in [0.1, 0.15) is 0 Å². The van der Waals surface area contributed by atoms with Crippen molar-refractivity contribution >= 4 is 45.8 Å². The van der Waals surface area contributed by atoms with E-state index < -0.39 is 6.35 Å². The Balaban J connectivity index is 0.000000363. The number of imidazole rings is 1. The van der Waals surface area contributed by atoms with Crippen molar-refractivity contribution in [3.8, 4) is 17.5 Å². The van der Waals surface area contributed by atoms with E-state index in [9.17, 15) is 10.2 Å². The minimum atomic E-state index is -0.936. The van der Waals surface area contributed by atoms with Crippen LogP contribution in [-0.2, 0) is 28.1 Å². The summed E-state index contributed by atoms with van der Waals surface area (Å²) in [5.41, 5.74) is 5.43. The fourth-order valence-corrected chi connectivity index (χ4v) is 9.32. The van der Waals surface area contributed by atoms with Crippen LogP contribution in [0.5, 0.6) is 17.5 Å². The molecule has 9 aromatic rings. The van der Waals surface area contributed by atoms with E-state index in [1.165, 1.54) is 10.4 Å². The van der Waals surface area contributed by atoms with Crippen molar-refractivity contribution in [3.05, 3.63) is 245 Å². The zero-order valence-electron chi connectivity index (χ0n) is 35.8. The average molecular weight is 1030 g/mol. The molecule has 65 heavy (non-hydrogen) atoms. The maximum absolute atomic E-state index is 11.9. The van der Waals surface area contributed by atoms with Crippen molar-refractivity contribution in [2.24, 2.45) is 7.05 Å². The predicted octanol–water partition coefficient (Wildman–Crippen LogP) is 7.76. The number of aliphatic hydroxyl groups is 1. The summed E-state index contributed by atoms with van der Waals surface area (Å²) < 4.78 is 8.76. The number of nitrogens with zero attached hydrogens (tertiary/aromatic N) is 4. The van der Waals surface area contributed by atoms with Crippen LogP contribution >= 0.6 is 0 Å².